The Bertz CT molecular complexity index is 1400. The summed E-state index contributed by atoms with van der Waals surface area (Å²) in [6.07, 6.45) is -1.35. The molecule has 1 aromatic carbocycles. The van der Waals surface area contributed by atoms with Crippen molar-refractivity contribution in [3.05, 3.63) is 54.5 Å². The number of aromatic nitrogens is 3. The number of hydrogen-bond donors (Lipinski definition) is 2. The molecule has 13 nitrogen and oxygen atoms in total. The molecular formula is C26H34N5O8P. The van der Waals surface area contributed by atoms with Gasteiger partial charge in [-0.1, -0.05) is 18.2 Å². The lowest BCUT2D eigenvalue weighted by Gasteiger charge is -2.26. The number of hydrogen-bond acceptors (Lipinski definition) is 11. The maximum absolute atomic E-state index is 14.0. The average molecular weight is 576 g/mol. The first kappa shape index (κ1) is 28.5. The number of fused-ring (bicyclic) bond motifs is 2. The van der Waals surface area contributed by atoms with E-state index < -0.39 is 50.0 Å². The molecule has 0 bridgehead atoms. The van der Waals surface area contributed by atoms with Gasteiger partial charge in [-0.3, -0.25) is 9.32 Å². The van der Waals surface area contributed by atoms with E-state index in [1.54, 1.807) is 54.8 Å². The fraction of sp³-hybridized carbons (Fsp3) is 0.500. The summed E-state index contributed by atoms with van der Waals surface area (Å²) in [5, 5.41) is 7.01. The number of nitrogens with one attached hydrogen (secondary N) is 1. The summed E-state index contributed by atoms with van der Waals surface area (Å²) in [7, 11) is -4.11. The number of ether oxygens (including phenoxy) is 4. The number of nitrogens with zero attached hydrogens (tertiary/aromatic N) is 3. The van der Waals surface area contributed by atoms with E-state index in [1.807, 2.05) is 19.9 Å². The van der Waals surface area contributed by atoms with Crippen molar-refractivity contribution in [1.82, 2.24) is 19.7 Å². The first-order valence-electron chi connectivity index (χ1n) is 13.0. The molecule has 4 heterocycles. The van der Waals surface area contributed by atoms with E-state index in [-0.39, 0.29) is 12.7 Å². The number of para-hydroxylation sites is 1. The van der Waals surface area contributed by atoms with E-state index in [4.69, 9.17) is 33.7 Å². The Morgan fingerprint density at radius 3 is 2.60 bits per heavy atom. The van der Waals surface area contributed by atoms with Gasteiger partial charge >= 0.3 is 13.7 Å². The van der Waals surface area contributed by atoms with Crippen LogP contribution in [-0.4, -0.2) is 63.4 Å². The molecular weight excluding hydrogens is 541 g/mol. The number of nitrogens with two attached hydrogens (primary N) is 1. The van der Waals surface area contributed by atoms with E-state index >= 15 is 0 Å². The molecule has 0 saturated carbocycles. The van der Waals surface area contributed by atoms with Gasteiger partial charge in [-0.05, 0) is 58.9 Å². The van der Waals surface area contributed by atoms with Crippen LogP contribution in [0.15, 0.2) is 48.8 Å². The molecule has 0 amide bonds. The van der Waals surface area contributed by atoms with Crippen molar-refractivity contribution in [3.8, 4) is 5.75 Å². The largest absolute Gasteiger partial charge is 0.462 e. The van der Waals surface area contributed by atoms with Gasteiger partial charge in [-0.25, -0.2) is 14.1 Å². The first-order valence-corrected chi connectivity index (χ1v) is 14.6. The van der Waals surface area contributed by atoms with Gasteiger partial charge in [-0.2, -0.15) is 10.2 Å². The second kappa shape index (κ2) is 11.1. The summed E-state index contributed by atoms with van der Waals surface area (Å²) in [6.45, 7) is 8.40. The van der Waals surface area contributed by atoms with Gasteiger partial charge in [0.15, 0.2) is 11.6 Å². The smallest absolute Gasteiger partial charge is 0.459 e. The van der Waals surface area contributed by atoms with Crippen molar-refractivity contribution < 1.29 is 37.4 Å². The van der Waals surface area contributed by atoms with Crippen LogP contribution in [0, 0.1) is 0 Å². The highest BCUT2D eigenvalue weighted by Gasteiger charge is 2.56. The van der Waals surface area contributed by atoms with Crippen molar-refractivity contribution in [2.45, 2.75) is 77.0 Å². The molecule has 0 spiro atoms. The lowest BCUT2D eigenvalue weighted by Crippen LogP contribution is -2.38. The molecule has 0 aliphatic carbocycles. The van der Waals surface area contributed by atoms with E-state index in [2.05, 4.69) is 15.2 Å². The quantitative estimate of drug-likeness (QED) is 0.269. The van der Waals surface area contributed by atoms with Gasteiger partial charge in [-0.15, -0.1) is 0 Å². The minimum atomic E-state index is -4.11. The Hall–Kier alpha value is -3.06. The zero-order chi connectivity index (χ0) is 28.7. The van der Waals surface area contributed by atoms with E-state index in [9.17, 15) is 9.36 Å². The average Bonchev–Trinajstić information content (AvgIpc) is 3.54. The first-order chi connectivity index (χ1) is 18.9. The molecule has 2 fully saturated rings. The SMILES string of the molecule is CC(C)OC(=O)[C@@H](C)N[P@@](=O)(OC[C@H]1O[C@@H](c2ccc3c(N)ncnn23)[C@@H]2OC(C)(C)O[C@@H]21)Oc1ccccc1. The molecule has 3 aromatic rings. The fourth-order valence-electron chi connectivity index (χ4n) is 4.75. The number of esters is 1. The second-order valence-corrected chi connectivity index (χ2v) is 12.1. The Morgan fingerprint density at radius 2 is 1.88 bits per heavy atom. The number of carbonyl (C=O) groups is 1. The predicted octanol–water partition coefficient (Wildman–Crippen LogP) is 3.40. The Kier molecular flexibility index (Phi) is 7.88. The van der Waals surface area contributed by atoms with E-state index in [1.165, 1.54) is 13.3 Å². The molecule has 6 atom stereocenters. The van der Waals surface area contributed by atoms with Crippen LogP contribution in [0.3, 0.4) is 0 Å². The lowest BCUT2D eigenvalue weighted by molar-refractivity contribution is -0.191. The molecule has 2 aliphatic rings. The molecule has 3 N–H and O–H groups in total. The van der Waals surface area contributed by atoms with Crippen LogP contribution in [0.5, 0.6) is 5.75 Å². The van der Waals surface area contributed by atoms with Crippen molar-refractivity contribution in [3.63, 3.8) is 0 Å². The molecule has 2 aromatic heterocycles. The number of anilines is 1. The number of carbonyl (C=O) groups excluding carboxylic acids is 1. The highest BCUT2D eigenvalue weighted by atomic mass is 31.2. The van der Waals surface area contributed by atoms with Gasteiger partial charge < -0.3 is 29.2 Å². The summed E-state index contributed by atoms with van der Waals surface area (Å²) in [4.78, 5) is 16.5. The lowest BCUT2D eigenvalue weighted by atomic mass is 10.1. The van der Waals surface area contributed by atoms with E-state index in [0.29, 0.717) is 22.8 Å². The molecule has 0 unspecified atom stereocenters. The maximum Gasteiger partial charge on any atom is 0.459 e. The fourth-order valence-corrected chi connectivity index (χ4v) is 6.25. The Labute approximate surface area is 231 Å². The normalized spacial score (nSPS) is 25.9. The monoisotopic (exact) mass is 575 g/mol. The molecule has 14 heteroatoms. The third kappa shape index (κ3) is 5.99. The van der Waals surface area contributed by atoms with Gasteiger partial charge in [0.25, 0.3) is 0 Å². The maximum atomic E-state index is 14.0. The molecule has 216 valence electrons. The Morgan fingerprint density at radius 1 is 1.15 bits per heavy atom. The third-order valence-corrected chi connectivity index (χ3v) is 8.03. The molecule has 2 aliphatic heterocycles. The van der Waals surface area contributed by atoms with Crippen LogP contribution in [0.25, 0.3) is 5.52 Å². The number of rotatable bonds is 10. The minimum absolute atomic E-state index is 0.194. The molecule has 2 saturated heterocycles. The topological polar surface area (TPSA) is 158 Å². The summed E-state index contributed by atoms with van der Waals surface area (Å²) < 4.78 is 51.3. The number of nitrogen functional groups attached to an aromatic ring is 1. The summed E-state index contributed by atoms with van der Waals surface area (Å²) in [6, 6.07) is 11.2. The van der Waals surface area contributed by atoms with Crippen molar-refractivity contribution in [2.75, 3.05) is 12.3 Å². The van der Waals surface area contributed by atoms with Crippen LogP contribution >= 0.6 is 7.75 Å². The molecule has 0 radical (unpaired) electrons. The standard InChI is InChI=1S/C26H34N5O8P/c1-15(2)35-25(32)16(3)30-40(33,39-17-9-7-6-8-10-17)34-13-20-22-23(38-26(4,5)37-22)21(36-20)18-11-12-19-24(27)28-14-29-31(18)19/h6-12,14-16,20-23H,13H2,1-5H3,(H,30,33)(H2,27,28,29)/t16-,20-,21+,22-,23+,40-/m1/s1. The van der Waals surface area contributed by atoms with Crippen LogP contribution in [0.4, 0.5) is 5.82 Å². The van der Waals surface area contributed by atoms with Crippen LogP contribution in [0.1, 0.15) is 46.4 Å². The minimum Gasteiger partial charge on any atom is -0.462 e. The van der Waals surface area contributed by atoms with Gasteiger partial charge in [0, 0.05) is 0 Å². The predicted molar refractivity (Wildman–Crippen MR) is 143 cm³/mol. The van der Waals surface area contributed by atoms with Crippen LogP contribution in [-0.2, 0) is 32.8 Å². The summed E-state index contributed by atoms with van der Waals surface area (Å²) >= 11 is 0. The van der Waals surface area contributed by atoms with Gasteiger partial charge in [0.05, 0.1) is 18.4 Å². The Balaban J connectivity index is 1.38. The van der Waals surface area contributed by atoms with Crippen LogP contribution < -0.4 is 15.3 Å². The van der Waals surface area contributed by atoms with Crippen molar-refractivity contribution in [2.24, 2.45) is 0 Å². The third-order valence-electron chi connectivity index (χ3n) is 6.39. The zero-order valence-electron chi connectivity index (χ0n) is 22.9. The van der Waals surface area contributed by atoms with Crippen LogP contribution in [0.2, 0.25) is 0 Å². The van der Waals surface area contributed by atoms with Gasteiger partial charge in [0.1, 0.15) is 48.1 Å². The number of benzene rings is 1. The highest BCUT2D eigenvalue weighted by molar-refractivity contribution is 7.52. The van der Waals surface area contributed by atoms with Crippen molar-refractivity contribution in [1.29, 1.82) is 0 Å². The molecule has 5 rings (SSSR count). The van der Waals surface area contributed by atoms with Gasteiger partial charge in [0.2, 0.25) is 0 Å². The second-order valence-electron chi connectivity index (χ2n) is 10.4. The molecule has 40 heavy (non-hydrogen) atoms. The highest BCUT2D eigenvalue weighted by Crippen LogP contribution is 2.49. The summed E-state index contributed by atoms with van der Waals surface area (Å²) in [5.41, 5.74) is 7.34. The summed E-state index contributed by atoms with van der Waals surface area (Å²) in [5.74, 6) is -0.864. The van der Waals surface area contributed by atoms with E-state index in [0.717, 1.165) is 0 Å². The van der Waals surface area contributed by atoms with Crippen molar-refractivity contribution >= 4 is 25.1 Å². The zero-order valence-corrected chi connectivity index (χ0v) is 23.8.